The Morgan fingerprint density at radius 1 is 0.419 bits per heavy atom. The van der Waals surface area contributed by atoms with E-state index in [2.05, 4.69) is 0 Å². The van der Waals surface area contributed by atoms with Gasteiger partial charge in [-0.3, -0.25) is 0 Å². The van der Waals surface area contributed by atoms with Crippen LogP contribution in [0.5, 0.6) is 34.5 Å². The molecule has 0 aliphatic heterocycles. The number of hydrogen-bond donors (Lipinski definition) is 3. The lowest BCUT2D eigenvalue weighted by Gasteiger charge is -2.29. The summed E-state index contributed by atoms with van der Waals surface area (Å²) in [7, 11) is 4.58. The van der Waals surface area contributed by atoms with E-state index in [1.54, 1.807) is 113 Å². The van der Waals surface area contributed by atoms with Gasteiger partial charge in [-0.25, -0.2) is 40.7 Å². The number of halogens is 6. The molecule has 0 bridgehead atoms. The van der Waals surface area contributed by atoms with Gasteiger partial charge < -0.3 is 58.4 Å². The second-order valence-corrected chi connectivity index (χ2v) is 21.2. The van der Waals surface area contributed by atoms with E-state index < -0.39 is 52.8 Å². The Hall–Kier alpha value is -10.8. The second-order valence-electron chi connectivity index (χ2n) is 21.2. The number of ether oxygens (including phenoxy) is 6. The highest BCUT2D eigenvalue weighted by Crippen LogP contribution is 2.41. The summed E-state index contributed by atoms with van der Waals surface area (Å²) in [6, 6.07) is 45.0. The van der Waals surface area contributed by atoms with Crippen molar-refractivity contribution in [1.29, 1.82) is 0 Å². The molecule has 0 unspecified atom stereocenters. The Morgan fingerprint density at radius 3 is 1.02 bits per heavy atom. The standard InChI is InChI=1S/C25H23F2NO4.C24H23F2NO4.C23H21F2NO4/c1-31-23-12-11-18(14-24(23)32-19-7-3-8-19)28(15-20-21(26)9-4-10-22(20)27)17-6-2-5-16(13-17)25(29)30;1-15(2)31-23-13-18(10-11-22(23)30-3)27(14-19-20(25)8-5-9-21(19)26)17-7-4-6-16(12-17)24(28)29;1-3-30-22-13-17(10-11-21(22)29-2)26(14-18-19(24)8-5-9-20(18)25)16-7-4-6-15(12-16)23(27)28/h2,4-6,9-14,19H,3,7-8,15H2,1H3,(H,29,30);4-13,15H,14H2,1-3H3,(H,28,29);4-13H,3,14H2,1-2H3,(H,27,28). The first kappa shape index (κ1) is 68.1. The average Bonchev–Trinajstić information content (AvgIpc) is 0.868. The Labute approximate surface area is 533 Å². The van der Waals surface area contributed by atoms with Gasteiger partial charge in [0.2, 0.25) is 0 Å². The van der Waals surface area contributed by atoms with Gasteiger partial charge in [0.1, 0.15) is 34.9 Å². The molecule has 0 saturated heterocycles. The van der Waals surface area contributed by atoms with Crippen molar-refractivity contribution in [2.75, 3.05) is 42.6 Å². The summed E-state index contributed by atoms with van der Waals surface area (Å²) in [4.78, 5) is 39.3. The number of carboxylic acid groups (broad SMARTS) is 3. The normalized spacial score (nSPS) is 11.6. The molecule has 0 aromatic heterocycles. The van der Waals surface area contributed by atoms with Crippen molar-refractivity contribution in [3.05, 3.63) is 250 Å². The Balaban J connectivity index is 0.000000179. The third-order valence-corrected chi connectivity index (χ3v) is 14.7. The average molecular weight is 1280 g/mol. The predicted octanol–water partition coefficient (Wildman–Crippen LogP) is 17.1. The summed E-state index contributed by atoms with van der Waals surface area (Å²) in [5, 5.41) is 28.1. The van der Waals surface area contributed by atoms with Crippen LogP contribution in [-0.4, -0.2) is 73.4 Å². The maximum Gasteiger partial charge on any atom is 0.335 e. The SMILES string of the molecule is CCOc1cc(N(Cc2c(F)cccc2F)c2cccc(C(=O)O)c2)ccc1OC.COc1ccc(N(Cc2c(F)cccc2F)c2cccc(C(=O)O)c2)cc1OC(C)C.COc1ccc(N(Cc2c(F)cccc2F)c2cccc(C(=O)O)c2)cc1OC1CCC1. The first-order valence-electron chi connectivity index (χ1n) is 29.3. The number of methoxy groups -OCH3 is 3. The van der Waals surface area contributed by atoms with Gasteiger partial charge in [-0.2, -0.15) is 0 Å². The van der Waals surface area contributed by atoms with E-state index in [1.807, 2.05) is 20.8 Å². The lowest BCUT2D eigenvalue weighted by Crippen LogP contribution is -2.25. The van der Waals surface area contributed by atoms with Gasteiger partial charge in [0.05, 0.1) is 76.5 Å². The molecule has 93 heavy (non-hydrogen) atoms. The zero-order valence-electron chi connectivity index (χ0n) is 51.6. The highest BCUT2D eigenvalue weighted by atomic mass is 19.2. The molecular formula is C72H67F6N3O12. The van der Waals surface area contributed by atoms with Crippen LogP contribution >= 0.6 is 0 Å². The smallest absolute Gasteiger partial charge is 0.335 e. The summed E-state index contributed by atoms with van der Waals surface area (Å²) in [6.07, 6.45) is 2.99. The number of aromatic carboxylic acids is 3. The Morgan fingerprint density at radius 2 is 0.720 bits per heavy atom. The van der Waals surface area contributed by atoms with Crippen LogP contribution in [0.1, 0.15) is 87.8 Å². The number of hydrogen-bond acceptors (Lipinski definition) is 12. The highest BCUT2D eigenvalue weighted by Gasteiger charge is 2.25. The summed E-state index contributed by atoms with van der Waals surface area (Å²) in [5.41, 5.74) is 2.91. The highest BCUT2D eigenvalue weighted by molar-refractivity contribution is 5.91. The maximum atomic E-state index is 14.5. The number of carboxylic acids is 3. The molecule has 1 saturated carbocycles. The molecule has 0 atom stereocenters. The van der Waals surface area contributed by atoms with Gasteiger partial charge >= 0.3 is 17.9 Å². The summed E-state index contributed by atoms with van der Waals surface area (Å²) >= 11 is 0. The van der Waals surface area contributed by atoms with E-state index in [9.17, 15) is 56.0 Å². The van der Waals surface area contributed by atoms with E-state index in [0.717, 1.165) is 19.3 Å². The first-order valence-corrected chi connectivity index (χ1v) is 29.3. The lowest BCUT2D eigenvalue weighted by molar-refractivity contribution is 0.0686. The third-order valence-electron chi connectivity index (χ3n) is 14.7. The van der Waals surface area contributed by atoms with Gasteiger partial charge in [0.25, 0.3) is 0 Å². The lowest BCUT2D eigenvalue weighted by atomic mass is 9.96. The van der Waals surface area contributed by atoms with Gasteiger partial charge in [-0.1, -0.05) is 36.4 Å². The van der Waals surface area contributed by atoms with Gasteiger partial charge in [0, 0.05) is 69.0 Å². The van der Waals surface area contributed by atoms with Crippen LogP contribution < -0.4 is 43.1 Å². The van der Waals surface area contributed by atoms with E-state index in [0.29, 0.717) is 75.2 Å². The number of rotatable bonds is 24. The fourth-order valence-corrected chi connectivity index (χ4v) is 9.81. The van der Waals surface area contributed by atoms with Crippen molar-refractivity contribution in [3.63, 3.8) is 0 Å². The van der Waals surface area contributed by atoms with E-state index >= 15 is 0 Å². The second kappa shape index (κ2) is 31.8. The maximum absolute atomic E-state index is 14.5. The molecule has 1 aliphatic carbocycles. The summed E-state index contributed by atoms with van der Waals surface area (Å²) < 4.78 is 120. The molecule has 21 heteroatoms. The zero-order chi connectivity index (χ0) is 66.9. The Kier molecular flexibility index (Phi) is 23.3. The molecule has 1 aliphatic rings. The molecule has 0 radical (unpaired) electrons. The molecule has 9 aromatic carbocycles. The Bertz CT molecular complexity index is 4030. The van der Waals surface area contributed by atoms with Crippen LogP contribution in [0.3, 0.4) is 0 Å². The molecule has 10 rings (SSSR count). The van der Waals surface area contributed by atoms with E-state index in [4.69, 9.17) is 28.4 Å². The minimum Gasteiger partial charge on any atom is -0.493 e. The van der Waals surface area contributed by atoms with E-state index in [1.165, 1.54) is 105 Å². The summed E-state index contributed by atoms with van der Waals surface area (Å²) in [5.74, 6) is -4.37. The molecule has 0 heterocycles. The van der Waals surface area contributed by atoms with Gasteiger partial charge in [-0.05, 0) is 167 Å². The molecular weight excluding hydrogens is 1210 g/mol. The van der Waals surface area contributed by atoms with Crippen molar-refractivity contribution in [2.24, 2.45) is 0 Å². The summed E-state index contributed by atoms with van der Waals surface area (Å²) in [6.45, 7) is 5.51. The van der Waals surface area contributed by atoms with Crippen molar-refractivity contribution >= 4 is 52.0 Å². The number of anilines is 6. The van der Waals surface area contributed by atoms with Crippen LogP contribution in [0.4, 0.5) is 60.5 Å². The molecule has 0 spiro atoms. The molecule has 484 valence electrons. The molecule has 15 nitrogen and oxygen atoms in total. The number of benzene rings is 9. The van der Waals surface area contributed by atoms with Gasteiger partial charge in [-0.15, -0.1) is 0 Å². The number of carbonyl (C=O) groups is 3. The minimum atomic E-state index is -1.10. The molecule has 1 fully saturated rings. The first-order chi connectivity index (χ1) is 44.7. The molecule has 3 N–H and O–H groups in total. The third kappa shape index (κ3) is 17.4. The van der Waals surface area contributed by atoms with Crippen LogP contribution in [0, 0.1) is 34.9 Å². The molecule has 9 aromatic rings. The van der Waals surface area contributed by atoms with Crippen molar-refractivity contribution in [3.8, 4) is 34.5 Å². The van der Waals surface area contributed by atoms with Crippen LogP contribution in [0.15, 0.2) is 182 Å². The van der Waals surface area contributed by atoms with Crippen molar-refractivity contribution < 1.29 is 84.5 Å². The van der Waals surface area contributed by atoms with Crippen molar-refractivity contribution in [2.45, 2.75) is 71.9 Å². The van der Waals surface area contributed by atoms with E-state index in [-0.39, 0.29) is 65.2 Å². The van der Waals surface area contributed by atoms with Gasteiger partial charge in [0.15, 0.2) is 34.5 Å². The largest absolute Gasteiger partial charge is 0.493 e. The quantitative estimate of drug-likeness (QED) is 0.0487. The van der Waals surface area contributed by atoms with Crippen LogP contribution in [0.2, 0.25) is 0 Å². The van der Waals surface area contributed by atoms with Crippen LogP contribution in [-0.2, 0) is 19.6 Å². The van der Waals surface area contributed by atoms with Crippen molar-refractivity contribution in [1.82, 2.24) is 0 Å². The monoisotopic (exact) mass is 1280 g/mol. The number of nitrogens with zero attached hydrogens (tertiary/aromatic N) is 3. The zero-order valence-corrected chi connectivity index (χ0v) is 51.6. The fraction of sp³-hybridized carbons (Fsp3) is 0.208. The predicted molar refractivity (Wildman–Crippen MR) is 341 cm³/mol. The van der Waals surface area contributed by atoms with Crippen LogP contribution in [0.25, 0.3) is 0 Å². The topological polar surface area (TPSA) is 177 Å². The minimum absolute atomic E-state index is 0.0590. The fourth-order valence-electron chi connectivity index (χ4n) is 9.81. The molecule has 0 amide bonds.